The van der Waals surface area contributed by atoms with Gasteiger partial charge in [0.15, 0.2) is 5.65 Å². The molecule has 2 aliphatic rings. The first kappa shape index (κ1) is 19.0. The van der Waals surface area contributed by atoms with E-state index in [0.29, 0.717) is 0 Å². The minimum absolute atomic E-state index is 0.761. The first-order valence-corrected chi connectivity index (χ1v) is 10.9. The fraction of sp³-hybridized carbons (Fsp3) is 0.240. The van der Waals surface area contributed by atoms with Crippen LogP contribution in [-0.4, -0.2) is 45.7 Å². The number of hydrogen-bond donors (Lipinski definition) is 1. The first-order chi connectivity index (χ1) is 15.8. The highest BCUT2D eigenvalue weighted by Gasteiger charge is 2.16. The second kappa shape index (κ2) is 7.76. The Morgan fingerprint density at radius 1 is 1.03 bits per heavy atom. The van der Waals surface area contributed by atoms with Gasteiger partial charge in [-0.1, -0.05) is 12.2 Å². The van der Waals surface area contributed by atoms with Crippen molar-refractivity contribution in [1.29, 1.82) is 0 Å². The van der Waals surface area contributed by atoms with Crippen LogP contribution in [0, 0.1) is 6.92 Å². The quantitative estimate of drug-likeness (QED) is 0.528. The largest absolute Gasteiger partial charge is 0.378 e. The Morgan fingerprint density at radius 3 is 2.78 bits per heavy atom. The van der Waals surface area contributed by atoms with E-state index in [1.54, 1.807) is 0 Å². The van der Waals surface area contributed by atoms with Gasteiger partial charge in [-0.15, -0.1) is 0 Å². The monoisotopic (exact) mass is 424 g/mol. The summed E-state index contributed by atoms with van der Waals surface area (Å²) in [6, 6.07) is 8.49. The van der Waals surface area contributed by atoms with Crippen LogP contribution < -0.4 is 10.2 Å². The van der Waals surface area contributed by atoms with Gasteiger partial charge in [-0.25, -0.2) is 9.97 Å². The molecule has 4 aromatic rings. The van der Waals surface area contributed by atoms with Gasteiger partial charge in [-0.05, 0) is 36.8 Å². The lowest BCUT2D eigenvalue weighted by Crippen LogP contribution is -2.36. The van der Waals surface area contributed by atoms with E-state index < -0.39 is 0 Å². The number of rotatable bonds is 4. The third kappa shape index (κ3) is 3.31. The zero-order chi connectivity index (χ0) is 21.5. The third-order valence-electron chi connectivity index (χ3n) is 6.23. The van der Waals surface area contributed by atoms with Crippen LogP contribution in [0.1, 0.15) is 17.0 Å². The molecule has 0 saturated carbocycles. The Balaban J connectivity index is 1.36. The summed E-state index contributed by atoms with van der Waals surface area (Å²) in [6.07, 6.45) is 12.9. The predicted octanol–water partition coefficient (Wildman–Crippen LogP) is 4.25. The van der Waals surface area contributed by atoms with Gasteiger partial charge in [0.05, 0.1) is 36.5 Å². The molecular formula is C25H24N6O. The van der Waals surface area contributed by atoms with Crippen LogP contribution >= 0.6 is 0 Å². The summed E-state index contributed by atoms with van der Waals surface area (Å²) in [7, 11) is 0. The molecule has 4 aromatic heterocycles. The molecule has 0 spiro atoms. The van der Waals surface area contributed by atoms with Gasteiger partial charge in [-0.2, -0.15) is 0 Å². The lowest BCUT2D eigenvalue weighted by atomic mass is 10.0. The summed E-state index contributed by atoms with van der Waals surface area (Å²) < 4.78 is 7.56. The zero-order valence-electron chi connectivity index (χ0n) is 18.0. The fourth-order valence-electron chi connectivity index (χ4n) is 4.48. The minimum Gasteiger partial charge on any atom is -0.378 e. The maximum absolute atomic E-state index is 5.45. The van der Waals surface area contributed by atoms with Crippen LogP contribution in [0.4, 0.5) is 17.2 Å². The molecule has 1 aliphatic heterocycles. The van der Waals surface area contributed by atoms with Crippen LogP contribution in [0.2, 0.25) is 0 Å². The number of nitrogens with one attached hydrogen (secondary N) is 1. The van der Waals surface area contributed by atoms with Gasteiger partial charge in [-0.3, -0.25) is 4.98 Å². The van der Waals surface area contributed by atoms with E-state index >= 15 is 0 Å². The van der Waals surface area contributed by atoms with Crippen molar-refractivity contribution in [3.05, 3.63) is 72.1 Å². The second-order valence-corrected chi connectivity index (χ2v) is 8.17. The molecule has 32 heavy (non-hydrogen) atoms. The molecule has 0 aromatic carbocycles. The second-order valence-electron chi connectivity index (χ2n) is 8.17. The summed E-state index contributed by atoms with van der Waals surface area (Å²) in [5.74, 6) is 0.789. The highest BCUT2D eigenvalue weighted by atomic mass is 16.5. The van der Waals surface area contributed by atoms with E-state index in [-0.39, 0.29) is 0 Å². The molecule has 0 radical (unpaired) electrons. The number of nitrogens with zero attached hydrogens (tertiary/aromatic N) is 5. The van der Waals surface area contributed by atoms with Crippen molar-refractivity contribution in [3.8, 4) is 11.1 Å². The van der Waals surface area contributed by atoms with E-state index in [2.05, 4.69) is 66.8 Å². The molecule has 0 unspecified atom stereocenters. The summed E-state index contributed by atoms with van der Waals surface area (Å²) in [4.78, 5) is 16.2. The Hall–Kier alpha value is -3.71. The number of hydrogen-bond acceptors (Lipinski definition) is 6. The molecule has 0 bridgehead atoms. The molecule has 1 aliphatic carbocycles. The number of morpholine rings is 1. The minimum atomic E-state index is 0.761. The molecule has 7 nitrogen and oxygen atoms in total. The molecule has 5 heterocycles. The van der Waals surface area contributed by atoms with E-state index in [1.807, 2.05) is 30.9 Å². The maximum Gasteiger partial charge on any atom is 0.160 e. The molecule has 6 rings (SSSR count). The number of allylic oxidation sites excluding steroid dienone is 1. The lowest BCUT2D eigenvalue weighted by Gasteiger charge is -2.28. The van der Waals surface area contributed by atoms with Gasteiger partial charge in [0, 0.05) is 54.9 Å². The van der Waals surface area contributed by atoms with E-state index in [9.17, 15) is 0 Å². The SMILES string of the molecule is Cc1c(-c2cnc3c(c2)C=CC3)cc(Nc2ccc(N3CCOCC3)cn2)c2nccn12. The molecule has 1 N–H and O–H groups in total. The highest BCUT2D eigenvalue weighted by Crippen LogP contribution is 2.32. The number of imidazole rings is 1. The number of aryl methyl sites for hydroxylation is 1. The topological polar surface area (TPSA) is 67.6 Å². The Bertz CT molecular complexity index is 1320. The highest BCUT2D eigenvalue weighted by molar-refractivity contribution is 5.81. The third-order valence-corrected chi connectivity index (χ3v) is 6.23. The lowest BCUT2D eigenvalue weighted by molar-refractivity contribution is 0.122. The number of anilines is 3. The predicted molar refractivity (Wildman–Crippen MR) is 126 cm³/mol. The van der Waals surface area contributed by atoms with Crippen molar-refractivity contribution in [2.45, 2.75) is 13.3 Å². The van der Waals surface area contributed by atoms with Crippen molar-refractivity contribution in [3.63, 3.8) is 0 Å². The number of fused-ring (bicyclic) bond motifs is 2. The van der Waals surface area contributed by atoms with Crippen LogP contribution in [-0.2, 0) is 11.2 Å². The van der Waals surface area contributed by atoms with Gasteiger partial charge < -0.3 is 19.4 Å². The maximum atomic E-state index is 5.45. The molecule has 7 heteroatoms. The molecule has 0 amide bonds. The van der Waals surface area contributed by atoms with Crippen LogP contribution in [0.5, 0.6) is 0 Å². The summed E-state index contributed by atoms with van der Waals surface area (Å²) in [5.41, 5.74) is 8.59. The summed E-state index contributed by atoms with van der Waals surface area (Å²) in [6.45, 7) is 5.43. The average Bonchev–Trinajstić information content (AvgIpc) is 3.52. The Kier molecular flexibility index (Phi) is 4.61. The van der Waals surface area contributed by atoms with Crippen molar-refractivity contribution in [1.82, 2.24) is 19.4 Å². The zero-order valence-corrected chi connectivity index (χ0v) is 18.0. The molecular weight excluding hydrogens is 400 g/mol. The number of aromatic nitrogens is 4. The van der Waals surface area contributed by atoms with Gasteiger partial charge in [0.1, 0.15) is 5.82 Å². The van der Waals surface area contributed by atoms with Crippen molar-refractivity contribution in [2.75, 3.05) is 36.5 Å². The Labute approximate surface area is 186 Å². The fourth-order valence-corrected chi connectivity index (χ4v) is 4.48. The van der Waals surface area contributed by atoms with Crippen LogP contribution in [0.3, 0.4) is 0 Å². The van der Waals surface area contributed by atoms with Crippen LogP contribution in [0.25, 0.3) is 22.9 Å². The van der Waals surface area contributed by atoms with Crippen molar-refractivity contribution < 1.29 is 4.74 Å². The summed E-state index contributed by atoms with van der Waals surface area (Å²) >= 11 is 0. The molecule has 1 fully saturated rings. The Morgan fingerprint density at radius 2 is 1.94 bits per heavy atom. The molecule has 1 saturated heterocycles. The smallest absolute Gasteiger partial charge is 0.160 e. The normalized spacial score (nSPS) is 15.3. The van der Waals surface area contributed by atoms with Crippen LogP contribution in [0.15, 0.2) is 55.1 Å². The van der Waals surface area contributed by atoms with Gasteiger partial charge >= 0.3 is 0 Å². The van der Waals surface area contributed by atoms with Crippen molar-refractivity contribution >= 4 is 28.9 Å². The standard InChI is InChI=1S/C25H24N6O/c1-17-21(19-13-18-3-2-4-22(18)27-15-19)14-23(25-26-7-8-31(17)25)29-24-6-5-20(16-28-24)30-9-11-32-12-10-30/h2-3,5-8,13-16H,4,9-12H2,1H3,(H,28,29). The first-order valence-electron chi connectivity index (χ1n) is 10.9. The van der Waals surface area contributed by atoms with Gasteiger partial charge in [0.2, 0.25) is 0 Å². The number of pyridine rings is 3. The van der Waals surface area contributed by atoms with E-state index in [1.165, 1.54) is 5.56 Å². The van der Waals surface area contributed by atoms with E-state index in [4.69, 9.17) is 4.74 Å². The summed E-state index contributed by atoms with van der Waals surface area (Å²) in [5, 5.41) is 3.48. The van der Waals surface area contributed by atoms with Gasteiger partial charge in [0.25, 0.3) is 0 Å². The average molecular weight is 425 g/mol. The number of ether oxygens (including phenoxy) is 1. The van der Waals surface area contributed by atoms with E-state index in [0.717, 1.165) is 78.1 Å². The molecule has 160 valence electrons. The van der Waals surface area contributed by atoms with Crippen molar-refractivity contribution in [2.24, 2.45) is 0 Å². The molecule has 0 atom stereocenters.